The van der Waals surface area contributed by atoms with Crippen molar-refractivity contribution in [2.24, 2.45) is 5.92 Å². The maximum atomic E-state index is 12.7. The van der Waals surface area contributed by atoms with Crippen molar-refractivity contribution in [3.8, 4) is 11.5 Å². The van der Waals surface area contributed by atoms with E-state index in [9.17, 15) is 9.59 Å². The minimum atomic E-state index is -0.133. The molecule has 0 aromatic heterocycles. The molecule has 2 atom stereocenters. The van der Waals surface area contributed by atoms with Crippen LogP contribution in [0.1, 0.15) is 45.1 Å². The number of hydrogen-bond acceptors (Lipinski definition) is 4. The molecule has 1 fully saturated rings. The maximum Gasteiger partial charge on any atom is 0.317 e. The number of urea groups is 1. The summed E-state index contributed by atoms with van der Waals surface area (Å²) in [4.78, 5) is 26.8. The van der Waals surface area contributed by atoms with Gasteiger partial charge in [0, 0.05) is 25.7 Å². The van der Waals surface area contributed by atoms with Crippen LogP contribution in [0.2, 0.25) is 0 Å². The average molecular weight is 375 g/mol. The Morgan fingerprint density at radius 2 is 2.00 bits per heavy atom. The first-order valence-corrected chi connectivity index (χ1v) is 9.79. The molecule has 0 spiro atoms. The number of piperidine rings is 1. The fraction of sp³-hybridized carbons (Fsp3) is 0.600. The van der Waals surface area contributed by atoms with Crippen molar-refractivity contribution in [1.82, 2.24) is 15.5 Å². The Bertz CT molecular complexity index is 679. The van der Waals surface area contributed by atoms with Gasteiger partial charge in [-0.2, -0.15) is 0 Å². The van der Waals surface area contributed by atoms with E-state index in [1.165, 1.54) is 0 Å². The second-order valence-electron chi connectivity index (χ2n) is 7.27. The minimum absolute atomic E-state index is 0.0592. The van der Waals surface area contributed by atoms with Gasteiger partial charge in [-0.25, -0.2) is 4.79 Å². The number of nitrogens with zero attached hydrogens (tertiary/aromatic N) is 1. The summed E-state index contributed by atoms with van der Waals surface area (Å²) in [6.07, 6.45) is 3.69. The van der Waals surface area contributed by atoms with Crippen molar-refractivity contribution >= 4 is 11.9 Å². The van der Waals surface area contributed by atoms with Crippen LogP contribution in [-0.4, -0.2) is 42.8 Å². The molecule has 1 saturated heterocycles. The molecule has 148 valence electrons. The predicted octanol–water partition coefficient (Wildman–Crippen LogP) is 2.64. The Balaban J connectivity index is 1.52. The number of ether oxygens (including phenoxy) is 2. The zero-order chi connectivity index (χ0) is 19.2. The van der Waals surface area contributed by atoms with E-state index in [4.69, 9.17) is 9.47 Å². The van der Waals surface area contributed by atoms with E-state index in [1.807, 2.05) is 25.1 Å². The summed E-state index contributed by atoms with van der Waals surface area (Å²) < 4.78 is 10.7. The summed E-state index contributed by atoms with van der Waals surface area (Å²) in [6.45, 7) is 5.94. The summed E-state index contributed by atoms with van der Waals surface area (Å²) in [5.41, 5.74) is 0.950. The molecular formula is C20H29N3O4. The largest absolute Gasteiger partial charge is 0.454 e. The van der Waals surface area contributed by atoms with Crippen molar-refractivity contribution in [1.29, 1.82) is 0 Å². The Labute approximate surface area is 160 Å². The van der Waals surface area contributed by atoms with E-state index < -0.39 is 0 Å². The van der Waals surface area contributed by atoms with E-state index in [0.717, 1.165) is 37.0 Å². The van der Waals surface area contributed by atoms with E-state index in [2.05, 4.69) is 17.6 Å². The Hall–Kier alpha value is -2.44. The molecule has 3 amide bonds. The standard InChI is InChI=1S/C20H29N3O4/c1-3-4-9-21-19(24)16-7-5-14(2)23(12-16)20(25)22-11-15-6-8-17-18(10-15)27-13-26-17/h6,8,10,14,16H,3-5,7,9,11-13H2,1-2H3,(H,21,24)(H,22,25)/t14-,16+/m1/s1. The lowest BCUT2D eigenvalue weighted by atomic mass is 9.93. The van der Waals surface area contributed by atoms with Crippen LogP contribution in [0, 0.1) is 5.92 Å². The van der Waals surface area contributed by atoms with Gasteiger partial charge >= 0.3 is 6.03 Å². The number of amides is 3. The lowest BCUT2D eigenvalue weighted by Gasteiger charge is -2.37. The van der Waals surface area contributed by atoms with Crippen LogP contribution in [0.4, 0.5) is 4.79 Å². The second-order valence-corrected chi connectivity index (χ2v) is 7.27. The molecule has 1 aromatic carbocycles. The number of fused-ring (bicyclic) bond motifs is 1. The Kier molecular flexibility index (Phi) is 6.42. The summed E-state index contributed by atoms with van der Waals surface area (Å²) in [5.74, 6) is 1.36. The van der Waals surface area contributed by atoms with Crippen LogP contribution >= 0.6 is 0 Å². The maximum absolute atomic E-state index is 12.7. The first-order valence-electron chi connectivity index (χ1n) is 9.79. The molecule has 0 saturated carbocycles. The van der Waals surface area contributed by atoms with Crippen LogP contribution in [0.5, 0.6) is 11.5 Å². The molecule has 0 radical (unpaired) electrons. The summed E-state index contributed by atoms with van der Waals surface area (Å²) in [7, 11) is 0. The molecule has 2 aliphatic heterocycles. The van der Waals surface area contributed by atoms with Crippen LogP contribution in [0.15, 0.2) is 18.2 Å². The van der Waals surface area contributed by atoms with Gasteiger partial charge in [-0.15, -0.1) is 0 Å². The monoisotopic (exact) mass is 375 g/mol. The van der Waals surface area contributed by atoms with Crippen molar-refractivity contribution in [2.75, 3.05) is 19.9 Å². The van der Waals surface area contributed by atoms with Gasteiger partial charge < -0.3 is 25.0 Å². The number of unbranched alkanes of at least 4 members (excludes halogenated alkanes) is 1. The van der Waals surface area contributed by atoms with Crippen molar-refractivity contribution in [2.45, 2.75) is 52.1 Å². The van der Waals surface area contributed by atoms with Crippen LogP contribution < -0.4 is 20.1 Å². The summed E-state index contributed by atoms with van der Waals surface area (Å²) in [5, 5.41) is 5.95. The third-order valence-corrected chi connectivity index (χ3v) is 5.22. The lowest BCUT2D eigenvalue weighted by molar-refractivity contribution is -0.126. The molecule has 7 nitrogen and oxygen atoms in total. The van der Waals surface area contributed by atoms with Crippen LogP contribution in [-0.2, 0) is 11.3 Å². The van der Waals surface area contributed by atoms with E-state index in [1.54, 1.807) is 4.90 Å². The zero-order valence-electron chi connectivity index (χ0n) is 16.1. The van der Waals surface area contributed by atoms with E-state index in [0.29, 0.717) is 25.4 Å². The average Bonchev–Trinajstić information content (AvgIpc) is 3.14. The number of carbonyl (C=O) groups excluding carboxylic acids is 2. The molecule has 2 N–H and O–H groups in total. The molecule has 0 aliphatic carbocycles. The van der Waals surface area contributed by atoms with Crippen LogP contribution in [0.3, 0.4) is 0 Å². The quantitative estimate of drug-likeness (QED) is 0.749. The first kappa shape index (κ1) is 19.3. The van der Waals surface area contributed by atoms with E-state index in [-0.39, 0.29) is 30.7 Å². The highest BCUT2D eigenvalue weighted by molar-refractivity contribution is 5.81. The third kappa shape index (κ3) is 4.84. The fourth-order valence-corrected chi connectivity index (χ4v) is 3.47. The molecule has 0 bridgehead atoms. The Morgan fingerprint density at radius 1 is 1.19 bits per heavy atom. The van der Waals surface area contributed by atoms with Gasteiger partial charge in [0.1, 0.15) is 0 Å². The molecule has 2 aliphatic rings. The van der Waals surface area contributed by atoms with Gasteiger partial charge in [0.15, 0.2) is 11.5 Å². The number of nitrogens with one attached hydrogen (secondary N) is 2. The van der Waals surface area contributed by atoms with Gasteiger partial charge in [0.2, 0.25) is 12.7 Å². The minimum Gasteiger partial charge on any atom is -0.454 e. The Morgan fingerprint density at radius 3 is 2.81 bits per heavy atom. The summed E-state index contributed by atoms with van der Waals surface area (Å²) in [6, 6.07) is 5.64. The zero-order valence-corrected chi connectivity index (χ0v) is 16.1. The third-order valence-electron chi connectivity index (χ3n) is 5.22. The van der Waals surface area contributed by atoms with Crippen LogP contribution in [0.25, 0.3) is 0 Å². The summed E-state index contributed by atoms with van der Waals surface area (Å²) >= 11 is 0. The fourth-order valence-electron chi connectivity index (χ4n) is 3.47. The smallest absolute Gasteiger partial charge is 0.317 e. The molecule has 2 heterocycles. The molecule has 7 heteroatoms. The highest BCUT2D eigenvalue weighted by Crippen LogP contribution is 2.32. The van der Waals surface area contributed by atoms with Crippen molar-refractivity contribution < 1.29 is 19.1 Å². The predicted molar refractivity (Wildman–Crippen MR) is 102 cm³/mol. The van der Waals surface area contributed by atoms with Gasteiger partial charge in [-0.1, -0.05) is 19.4 Å². The SMILES string of the molecule is CCCCNC(=O)[C@H]1CC[C@@H](C)N(C(=O)NCc2ccc3c(c2)OCO3)C1. The first-order chi connectivity index (χ1) is 13.1. The van der Waals surface area contributed by atoms with Crippen molar-refractivity contribution in [3.05, 3.63) is 23.8 Å². The van der Waals surface area contributed by atoms with Gasteiger partial charge in [-0.3, -0.25) is 4.79 Å². The molecule has 3 rings (SSSR count). The number of rotatable bonds is 6. The second kappa shape index (κ2) is 8.97. The highest BCUT2D eigenvalue weighted by atomic mass is 16.7. The van der Waals surface area contributed by atoms with Crippen molar-refractivity contribution in [3.63, 3.8) is 0 Å². The molecular weight excluding hydrogens is 346 g/mol. The lowest BCUT2D eigenvalue weighted by Crippen LogP contribution is -2.52. The number of likely N-dealkylation sites (tertiary alicyclic amines) is 1. The normalized spacial score (nSPS) is 21.0. The number of benzene rings is 1. The molecule has 0 unspecified atom stereocenters. The van der Waals surface area contributed by atoms with Gasteiger partial charge in [0.05, 0.1) is 5.92 Å². The molecule has 27 heavy (non-hydrogen) atoms. The topological polar surface area (TPSA) is 79.9 Å². The highest BCUT2D eigenvalue weighted by Gasteiger charge is 2.32. The molecule has 1 aromatic rings. The van der Waals surface area contributed by atoms with E-state index >= 15 is 0 Å². The van der Waals surface area contributed by atoms with Gasteiger partial charge in [-0.05, 0) is 43.9 Å². The number of hydrogen-bond donors (Lipinski definition) is 2. The number of carbonyl (C=O) groups is 2. The van der Waals surface area contributed by atoms with Gasteiger partial charge in [0.25, 0.3) is 0 Å².